The van der Waals surface area contributed by atoms with Crippen molar-refractivity contribution in [3.63, 3.8) is 0 Å². The van der Waals surface area contributed by atoms with E-state index in [1.54, 1.807) is 46.0 Å². The fourth-order valence-corrected chi connectivity index (χ4v) is 3.83. The largest absolute Gasteiger partial charge is 0.447 e. The van der Waals surface area contributed by atoms with Gasteiger partial charge in [-0.2, -0.15) is 0 Å². The Labute approximate surface area is 214 Å². The van der Waals surface area contributed by atoms with Gasteiger partial charge in [-0.15, -0.1) is 0 Å². The van der Waals surface area contributed by atoms with Gasteiger partial charge in [0, 0.05) is 36.1 Å². The van der Waals surface area contributed by atoms with E-state index in [0.717, 1.165) is 10.9 Å². The molecule has 2 aromatic carbocycles. The van der Waals surface area contributed by atoms with Gasteiger partial charge >= 0.3 is 12.1 Å². The lowest BCUT2D eigenvalue weighted by Crippen LogP contribution is -2.53. The molecule has 36 heavy (non-hydrogen) atoms. The number of urea groups is 1. The molecule has 0 aliphatic heterocycles. The maximum absolute atomic E-state index is 13.5. The third kappa shape index (κ3) is 7.05. The summed E-state index contributed by atoms with van der Waals surface area (Å²) in [7, 11) is 1.57. The summed E-state index contributed by atoms with van der Waals surface area (Å²) < 4.78 is 18.9. The Hall–Kier alpha value is -3.43. The van der Waals surface area contributed by atoms with Crippen LogP contribution in [0.5, 0.6) is 0 Å². The van der Waals surface area contributed by atoms with E-state index in [-0.39, 0.29) is 19.0 Å². The molecule has 0 fully saturated rings. The van der Waals surface area contributed by atoms with Crippen molar-refractivity contribution in [1.82, 2.24) is 15.2 Å². The first-order valence-corrected chi connectivity index (χ1v) is 11.8. The van der Waals surface area contributed by atoms with Crippen LogP contribution < -0.4 is 10.6 Å². The van der Waals surface area contributed by atoms with E-state index in [1.165, 1.54) is 29.3 Å². The summed E-state index contributed by atoms with van der Waals surface area (Å²) in [6, 6.07) is 11.9. The summed E-state index contributed by atoms with van der Waals surface area (Å²) in [5.74, 6) is -0.666. The molecule has 0 bridgehead atoms. The minimum Gasteiger partial charge on any atom is -0.447 e. The summed E-state index contributed by atoms with van der Waals surface area (Å²) in [6.45, 7) is 5.04. The molecule has 10 heteroatoms. The molecule has 0 aliphatic carbocycles. The molecular formula is C26H30ClFN4O4. The van der Waals surface area contributed by atoms with Crippen LogP contribution in [0, 0.1) is 11.7 Å². The number of fused-ring (bicyclic) bond motifs is 1. The monoisotopic (exact) mass is 516 g/mol. The van der Waals surface area contributed by atoms with Gasteiger partial charge in [0.1, 0.15) is 18.2 Å². The minimum atomic E-state index is -1.16. The smallest absolute Gasteiger partial charge is 0.412 e. The Balaban J connectivity index is 1.66. The SMILES string of the molecule is C[C@H]([C@@H](COC(=O)Nc1cc2cc(F)ccc2cn1)N(C)C(=O)NCc1ccccc1Cl)C(C)(C)O. The number of benzene rings is 2. The number of pyridine rings is 1. The summed E-state index contributed by atoms with van der Waals surface area (Å²) in [6.07, 6.45) is 0.719. The van der Waals surface area contributed by atoms with Gasteiger partial charge in [0.25, 0.3) is 0 Å². The van der Waals surface area contributed by atoms with Crippen molar-refractivity contribution in [3.05, 3.63) is 71.1 Å². The Morgan fingerprint density at radius 2 is 1.92 bits per heavy atom. The number of halogens is 2. The van der Waals surface area contributed by atoms with Gasteiger partial charge in [-0.1, -0.05) is 36.7 Å². The number of anilines is 1. The van der Waals surface area contributed by atoms with Gasteiger partial charge in [0.05, 0.1) is 11.6 Å². The number of carbonyl (C=O) groups is 2. The second kappa shape index (κ2) is 11.5. The second-order valence-electron chi connectivity index (χ2n) is 9.16. The Morgan fingerprint density at radius 3 is 2.61 bits per heavy atom. The summed E-state index contributed by atoms with van der Waals surface area (Å²) in [5.41, 5.74) is -0.405. The van der Waals surface area contributed by atoms with Crippen LogP contribution >= 0.6 is 11.6 Å². The number of nitrogens with one attached hydrogen (secondary N) is 2. The third-order valence-corrected chi connectivity index (χ3v) is 6.57. The van der Waals surface area contributed by atoms with E-state index >= 15 is 0 Å². The first-order chi connectivity index (χ1) is 17.0. The molecule has 2 atom stereocenters. The number of aliphatic hydroxyl groups is 1. The number of hydrogen-bond acceptors (Lipinski definition) is 5. The van der Waals surface area contributed by atoms with Crippen molar-refractivity contribution in [2.45, 2.75) is 39.0 Å². The normalized spacial score (nSPS) is 13.1. The standard InChI is InChI=1S/C26H30ClFN4O4/c1-16(26(2,3)35)22(32(4)24(33)30-14-18-7-5-6-8-21(18)27)15-36-25(34)31-23-12-19-11-20(28)10-9-17(19)13-29-23/h5-13,16,22,35H,14-15H2,1-4H3,(H,30,33)(H,29,31,34)/t16-,22-/m1/s1. The number of carbonyl (C=O) groups excluding carboxylic acids is 2. The van der Waals surface area contributed by atoms with E-state index in [9.17, 15) is 19.1 Å². The van der Waals surface area contributed by atoms with Crippen molar-refractivity contribution in [2.75, 3.05) is 19.0 Å². The van der Waals surface area contributed by atoms with Gasteiger partial charge < -0.3 is 20.1 Å². The fourth-order valence-electron chi connectivity index (χ4n) is 3.63. The van der Waals surface area contributed by atoms with Gasteiger partial charge in [-0.25, -0.2) is 19.0 Å². The molecule has 3 amide bonds. The minimum absolute atomic E-state index is 0.185. The third-order valence-electron chi connectivity index (χ3n) is 6.20. The van der Waals surface area contributed by atoms with E-state index < -0.39 is 35.5 Å². The molecule has 1 aromatic heterocycles. The molecule has 192 valence electrons. The van der Waals surface area contributed by atoms with Crippen LogP contribution in [0.3, 0.4) is 0 Å². The molecule has 3 aromatic rings. The fraction of sp³-hybridized carbons (Fsp3) is 0.346. The quantitative estimate of drug-likeness (QED) is 0.382. The maximum Gasteiger partial charge on any atom is 0.412 e. The van der Waals surface area contributed by atoms with E-state index in [2.05, 4.69) is 15.6 Å². The highest BCUT2D eigenvalue weighted by Crippen LogP contribution is 2.24. The van der Waals surface area contributed by atoms with Crippen LogP contribution in [0.15, 0.2) is 54.7 Å². The van der Waals surface area contributed by atoms with Crippen LogP contribution in [0.1, 0.15) is 26.3 Å². The van der Waals surface area contributed by atoms with Crippen LogP contribution in [0.4, 0.5) is 19.8 Å². The predicted octanol–water partition coefficient (Wildman–Crippen LogP) is 5.19. The van der Waals surface area contributed by atoms with Gasteiger partial charge in [-0.3, -0.25) is 5.32 Å². The number of nitrogens with zero attached hydrogens (tertiary/aromatic N) is 2. The van der Waals surface area contributed by atoms with Crippen molar-refractivity contribution >= 4 is 40.3 Å². The first-order valence-electron chi connectivity index (χ1n) is 11.4. The van der Waals surface area contributed by atoms with E-state index in [4.69, 9.17) is 16.3 Å². The van der Waals surface area contributed by atoms with Gasteiger partial charge in [0.15, 0.2) is 0 Å². The van der Waals surface area contributed by atoms with Crippen molar-refractivity contribution in [1.29, 1.82) is 0 Å². The molecule has 0 saturated heterocycles. The van der Waals surface area contributed by atoms with Crippen LogP contribution in [-0.2, 0) is 11.3 Å². The number of rotatable bonds is 8. The van der Waals surface area contributed by atoms with Crippen molar-refractivity contribution in [2.24, 2.45) is 5.92 Å². The van der Waals surface area contributed by atoms with Crippen LogP contribution in [-0.4, -0.2) is 52.4 Å². The lowest BCUT2D eigenvalue weighted by atomic mass is 9.86. The van der Waals surface area contributed by atoms with Crippen molar-refractivity contribution in [3.8, 4) is 0 Å². The molecule has 0 aliphatic rings. The highest BCUT2D eigenvalue weighted by molar-refractivity contribution is 6.31. The molecular weight excluding hydrogens is 487 g/mol. The van der Waals surface area contributed by atoms with Crippen LogP contribution in [0.2, 0.25) is 5.02 Å². The molecule has 1 heterocycles. The predicted molar refractivity (Wildman–Crippen MR) is 137 cm³/mol. The molecule has 0 unspecified atom stereocenters. The highest BCUT2D eigenvalue weighted by Gasteiger charge is 2.35. The number of ether oxygens (including phenoxy) is 1. The summed E-state index contributed by atoms with van der Waals surface area (Å²) >= 11 is 6.16. The number of hydrogen-bond donors (Lipinski definition) is 3. The average Bonchev–Trinajstić information content (AvgIpc) is 2.82. The molecule has 8 nitrogen and oxygen atoms in total. The zero-order chi connectivity index (χ0) is 26.5. The molecule has 0 saturated carbocycles. The zero-order valence-electron chi connectivity index (χ0n) is 20.6. The first kappa shape index (κ1) is 27.2. The molecule has 3 N–H and O–H groups in total. The summed E-state index contributed by atoms with van der Waals surface area (Å²) in [4.78, 5) is 30.9. The Bertz CT molecular complexity index is 1230. The molecule has 0 spiro atoms. The Morgan fingerprint density at radius 1 is 1.19 bits per heavy atom. The Kier molecular flexibility index (Phi) is 8.70. The lowest BCUT2D eigenvalue weighted by molar-refractivity contribution is -0.0225. The van der Waals surface area contributed by atoms with E-state index in [0.29, 0.717) is 10.4 Å². The molecule has 0 radical (unpaired) electrons. The van der Waals surface area contributed by atoms with Crippen LogP contribution in [0.25, 0.3) is 10.8 Å². The summed E-state index contributed by atoms with van der Waals surface area (Å²) in [5, 5.41) is 17.7. The zero-order valence-corrected chi connectivity index (χ0v) is 21.3. The van der Waals surface area contributed by atoms with Crippen molar-refractivity contribution < 1.29 is 23.8 Å². The van der Waals surface area contributed by atoms with E-state index in [1.807, 2.05) is 12.1 Å². The number of likely N-dealkylation sites (N-methyl/N-ethyl adjacent to an activating group) is 1. The average molecular weight is 517 g/mol. The number of amides is 3. The highest BCUT2D eigenvalue weighted by atomic mass is 35.5. The number of aromatic nitrogens is 1. The topological polar surface area (TPSA) is 104 Å². The molecule has 3 rings (SSSR count). The van der Waals surface area contributed by atoms with Gasteiger partial charge in [0.2, 0.25) is 0 Å². The second-order valence-corrected chi connectivity index (χ2v) is 9.56. The maximum atomic E-state index is 13.5. The van der Waals surface area contributed by atoms with Gasteiger partial charge in [-0.05, 0) is 55.1 Å². The lowest BCUT2D eigenvalue weighted by Gasteiger charge is -2.38.